The molecule has 106 valence electrons. The number of aromatic nitrogens is 1. The van der Waals surface area contributed by atoms with Gasteiger partial charge in [0.1, 0.15) is 0 Å². The molecule has 3 rings (SSSR count). The monoisotopic (exact) mass is 306 g/mol. The van der Waals surface area contributed by atoms with E-state index in [-0.39, 0.29) is 6.04 Å². The molecule has 6 heteroatoms. The summed E-state index contributed by atoms with van der Waals surface area (Å²) in [5.41, 5.74) is 6.82. The highest BCUT2D eigenvalue weighted by Crippen LogP contribution is 2.29. The van der Waals surface area contributed by atoms with Crippen molar-refractivity contribution >= 4 is 43.9 Å². The molecule has 1 aromatic heterocycles. The highest BCUT2D eigenvalue weighted by molar-refractivity contribution is 7.80. The molecule has 1 saturated heterocycles. The van der Waals surface area contributed by atoms with Gasteiger partial charge in [0.2, 0.25) is 0 Å². The van der Waals surface area contributed by atoms with Crippen LogP contribution < -0.4 is 10.6 Å². The van der Waals surface area contributed by atoms with E-state index >= 15 is 0 Å². The molecule has 0 radical (unpaired) electrons. The fraction of sp³-hybridized carbons (Fsp3) is 0.429. The number of fused-ring (bicyclic) bond motifs is 1. The third-order valence-electron chi connectivity index (χ3n) is 3.83. The van der Waals surface area contributed by atoms with Gasteiger partial charge in [0, 0.05) is 26.2 Å². The molecule has 2 heterocycles. The highest BCUT2D eigenvalue weighted by atomic mass is 32.1. The van der Waals surface area contributed by atoms with Gasteiger partial charge in [-0.15, -0.1) is 0 Å². The predicted octanol–water partition coefficient (Wildman–Crippen LogP) is 2.09. The molecule has 2 N–H and O–H groups in total. The molecule has 0 saturated carbocycles. The molecule has 0 bridgehead atoms. The van der Waals surface area contributed by atoms with E-state index in [0.29, 0.717) is 4.99 Å². The minimum atomic E-state index is 0.183. The molecular weight excluding hydrogens is 288 g/mol. The van der Waals surface area contributed by atoms with Crippen molar-refractivity contribution in [1.29, 1.82) is 0 Å². The first-order valence-electron chi connectivity index (χ1n) is 6.79. The number of hydrogen-bond acceptors (Lipinski definition) is 5. The summed E-state index contributed by atoms with van der Waals surface area (Å²) in [5, 5.41) is 1.12. The van der Waals surface area contributed by atoms with Gasteiger partial charge < -0.3 is 10.6 Å². The fourth-order valence-electron chi connectivity index (χ4n) is 2.48. The maximum Gasteiger partial charge on any atom is 0.186 e. The van der Waals surface area contributed by atoms with Crippen molar-refractivity contribution < 1.29 is 0 Å². The average molecular weight is 306 g/mol. The molecular formula is C14H18N4S2. The lowest BCUT2D eigenvalue weighted by Crippen LogP contribution is -2.52. The molecule has 1 aliphatic rings. The van der Waals surface area contributed by atoms with Crippen molar-refractivity contribution in [2.75, 3.05) is 31.1 Å². The number of nitrogens with two attached hydrogens (primary N) is 1. The molecule has 0 spiro atoms. The van der Waals surface area contributed by atoms with Gasteiger partial charge in [-0.2, -0.15) is 0 Å². The highest BCUT2D eigenvalue weighted by Gasteiger charge is 2.23. The van der Waals surface area contributed by atoms with Crippen LogP contribution in [0.25, 0.3) is 10.2 Å². The lowest BCUT2D eigenvalue weighted by molar-refractivity contribution is 0.239. The maximum atomic E-state index is 5.73. The van der Waals surface area contributed by atoms with Crippen LogP contribution in [-0.4, -0.2) is 47.1 Å². The van der Waals surface area contributed by atoms with Gasteiger partial charge in [-0.3, -0.25) is 4.90 Å². The zero-order chi connectivity index (χ0) is 14.1. The predicted molar refractivity (Wildman–Crippen MR) is 89.7 cm³/mol. The largest absolute Gasteiger partial charge is 0.392 e. The zero-order valence-electron chi connectivity index (χ0n) is 11.5. The third kappa shape index (κ3) is 2.63. The summed E-state index contributed by atoms with van der Waals surface area (Å²) in [6, 6.07) is 8.48. The van der Waals surface area contributed by atoms with Crippen LogP contribution in [0.3, 0.4) is 0 Å². The van der Waals surface area contributed by atoms with Crippen molar-refractivity contribution in [3.63, 3.8) is 0 Å². The Hall–Kier alpha value is -1.24. The quantitative estimate of drug-likeness (QED) is 0.880. The minimum absolute atomic E-state index is 0.183. The van der Waals surface area contributed by atoms with Gasteiger partial charge in [0.25, 0.3) is 0 Å². The van der Waals surface area contributed by atoms with E-state index < -0.39 is 0 Å². The van der Waals surface area contributed by atoms with Crippen molar-refractivity contribution in [2.45, 2.75) is 13.0 Å². The first kappa shape index (κ1) is 13.7. The van der Waals surface area contributed by atoms with Crippen LogP contribution in [0.15, 0.2) is 24.3 Å². The molecule has 0 amide bonds. The van der Waals surface area contributed by atoms with E-state index in [1.165, 1.54) is 4.70 Å². The van der Waals surface area contributed by atoms with Gasteiger partial charge >= 0.3 is 0 Å². The van der Waals surface area contributed by atoms with Crippen LogP contribution in [0.5, 0.6) is 0 Å². The maximum absolute atomic E-state index is 5.73. The summed E-state index contributed by atoms with van der Waals surface area (Å²) in [5.74, 6) is 0. The van der Waals surface area contributed by atoms with Crippen LogP contribution in [0.1, 0.15) is 6.92 Å². The van der Waals surface area contributed by atoms with Crippen molar-refractivity contribution in [2.24, 2.45) is 5.73 Å². The Bertz CT molecular complexity index is 583. The summed E-state index contributed by atoms with van der Waals surface area (Å²) in [6.07, 6.45) is 0. The molecule has 1 aromatic carbocycles. The Balaban J connectivity index is 1.70. The number of benzene rings is 1. The fourth-order valence-corrected chi connectivity index (χ4v) is 3.64. The Labute approximate surface area is 128 Å². The SMILES string of the molecule is CC(C(N)=S)N1CCN(c2nc3ccccc3s2)CC1. The first-order chi connectivity index (χ1) is 9.65. The van der Waals surface area contributed by atoms with E-state index in [0.717, 1.165) is 36.8 Å². The van der Waals surface area contributed by atoms with E-state index in [1.807, 2.05) is 6.07 Å². The number of nitrogens with zero attached hydrogens (tertiary/aromatic N) is 3. The summed E-state index contributed by atoms with van der Waals surface area (Å²) in [6.45, 7) is 6.00. The lowest BCUT2D eigenvalue weighted by Gasteiger charge is -2.37. The number of rotatable bonds is 3. The Morgan fingerprint density at radius 2 is 2.00 bits per heavy atom. The molecule has 1 atom stereocenters. The van der Waals surface area contributed by atoms with Gasteiger partial charge in [0.15, 0.2) is 5.13 Å². The van der Waals surface area contributed by atoms with Crippen LogP contribution in [0.4, 0.5) is 5.13 Å². The second-order valence-corrected chi connectivity index (χ2v) is 6.55. The molecule has 4 nitrogen and oxygen atoms in total. The van der Waals surface area contributed by atoms with Crippen LogP contribution in [0, 0.1) is 0 Å². The number of thiocarbonyl (C=S) groups is 1. The number of hydrogen-bond donors (Lipinski definition) is 1. The average Bonchev–Trinajstić information content (AvgIpc) is 2.90. The Morgan fingerprint density at radius 1 is 1.30 bits per heavy atom. The third-order valence-corrected chi connectivity index (χ3v) is 5.27. The topological polar surface area (TPSA) is 45.4 Å². The van der Waals surface area contributed by atoms with Crippen molar-refractivity contribution in [1.82, 2.24) is 9.88 Å². The summed E-state index contributed by atoms with van der Waals surface area (Å²) < 4.78 is 1.25. The van der Waals surface area contributed by atoms with Gasteiger partial charge in [-0.1, -0.05) is 35.7 Å². The first-order valence-corrected chi connectivity index (χ1v) is 8.01. The molecule has 2 aromatic rings. The molecule has 0 aliphatic carbocycles. The summed E-state index contributed by atoms with van der Waals surface area (Å²) in [4.78, 5) is 9.99. The number of para-hydroxylation sites is 1. The summed E-state index contributed by atoms with van der Waals surface area (Å²) >= 11 is 6.84. The minimum Gasteiger partial charge on any atom is -0.392 e. The second kappa shape index (κ2) is 5.63. The number of anilines is 1. The van der Waals surface area contributed by atoms with Crippen LogP contribution in [-0.2, 0) is 0 Å². The van der Waals surface area contributed by atoms with E-state index in [2.05, 4.69) is 34.9 Å². The normalized spacial score (nSPS) is 18.4. The van der Waals surface area contributed by atoms with Crippen LogP contribution >= 0.6 is 23.6 Å². The molecule has 20 heavy (non-hydrogen) atoms. The van der Waals surface area contributed by atoms with Gasteiger partial charge in [0.05, 0.1) is 21.2 Å². The number of piperazine rings is 1. The van der Waals surface area contributed by atoms with Gasteiger partial charge in [-0.25, -0.2) is 4.98 Å². The zero-order valence-corrected chi connectivity index (χ0v) is 13.1. The molecule has 1 aliphatic heterocycles. The van der Waals surface area contributed by atoms with E-state index in [9.17, 15) is 0 Å². The van der Waals surface area contributed by atoms with Crippen LogP contribution in [0.2, 0.25) is 0 Å². The molecule has 1 unspecified atom stereocenters. The smallest absolute Gasteiger partial charge is 0.186 e. The number of thiazole rings is 1. The van der Waals surface area contributed by atoms with Crippen molar-refractivity contribution in [3.8, 4) is 0 Å². The standard InChI is InChI=1S/C14H18N4S2/c1-10(13(15)19)17-6-8-18(9-7-17)14-16-11-4-2-3-5-12(11)20-14/h2-5,10H,6-9H2,1H3,(H2,15,19). The lowest BCUT2D eigenvalue weighted by atomic mass is 10.2. The second-order valence-electron chi connectivity index (χ2n) is 5.07. The Morgan fingerprint density at radius 3 is 2.65 bits per heavy atom. The van der Waals surface area contributed by atoms with Crippen molar-refractivity contribution in [3.05, 3.63) is 24.3 Å². The van der Waals surface area contributed by atoms with E-state index in [1.54, 1.807) is 11.3 Å². The molecule has 1 fully saturated rings. The summed E-state index contributed by atoms with van der Waals surface area (Å²) in [7, 11) is 0. The van der Waals surface area contributed by atoms with E-state index in [4.69, 9.17) is 22.9 Å². The van der Waals surface area contributed by atoms with Gasteiger partial charge in [-0.05, 0) is 19.1 Å². The Kier molecular flexibility index (Phi) is 3.87.